The van der Waals surface area contributed by atoms with E-state index in [1.54, 1.807) is 27.7 Å². The summed E-state index contributed by atoms with van der Waals surface area (Å²) in [4.78, 5) is 14.0. The van der Waals surface area contributed by atoms with Crippen LogP contribution in [0.3, 0.4) is 0 Å². The quantitative estimate of drug-likeness (QED) is 0.399. The molecule has 0 N–H and O–H groups in total. The number of ether oxygens (including phenoxy) is 1. The van der Waals surface area contributed by atoms with Crippen molar-refractivity contribution in [2.24, 2.45) is 11.8 Å². The topological polar surface area (TPSA) is 63.7 Å². The molecule has 1 aliphatic heterocycles. The highest BCUT2D eigenvalue weighted by molar-refractivity contribution is 7.91. The summed E-state index contributed by atoms with van der Waals surface area (Å²) in [7, 11) is -3.20. The van der Waals surface area contributed by atoms with E-state index in [9.17, 15) is 30.8 Å². The van der Waals surface area contributed by atoms with Gasteiger partial charge in [0.1, 0.15) is 11.5 Å². The third-order valence-electron chi connectivity index (χ3n) is 6.91. The first-order valence-corrected chi connectivity index (χ1v) is 13.5. The van der Waals surface area contributed by atoms with Crippen LogP contribution in [0.5, 0.6) is 0 Å². The number of halogens is 4. The van der Waals surface area contributed by atoms with Gasteiger partial charge < -0.3 is 9.64 Å². The second-order valence-electron chi connectivity index (χ2n) is 9.98. The molecular weight excluding hydrogens is 474 g/mol. The normalized spacial score (nSPS) is 26.2. The van der Waals surface area contributed by atoms with Gasteiger partial charge in [0.2, 0.25) is 0 Å². The fourth-order valence-electron chi connectivity index (χ4n) is 4.95. The number of carbonyl (C=O) groups is 1. The van der Waals surface area contributed by atoms with Crippen molar-refractivity contribution < 1.29 is 35.5 Å². The second-order valence-corrected chi connectivity index (χ2v) is 12.6. The molecule has 2 aliphatic rings. The third-order valence-corrected chi connectivity index (χ3v) is 9.28. The van der Waals surface area contributed by atoms with Crippen molar-refractivity contribution in [2.75, 3.05) is 23.7 Å². The summed E-state index contributed by atoms with van der Waals surface area (Å²) in [5.41, 5.74) is -1.68. The van der Waals surface area contributed by atoms with Gasteiger partial charge in [-0.3, -0.25) is 4.79 Å². The molecule has 1 aromatic carbocycles. The molecule has 34 heavy (non-hydrogen) atoms. The molecule has 1 heterocycles. The summed E-state index contributed by atoms with van der Waals surface area (Å²) in [6.45, 7) is 6.79. The number of anilines is 1. The average Bonchev–Trinajstić information content (AvgIpc) is 2.75. The van der Waals surface area contributed by atoms with Gasteiger partial charge in [-0.1, -0.05) is 0 Å². The van der Waals surface area contributed by atoms with E-state index in [4.69, 9.17) is 4.74 Å². The van der Waals surface area contributed by atoms with Crippen molar-refractivity contribution in [3.63, 3.8) is 0 Å². The maximum atomic E-state index is 14.9. The minimum atomic E-state index is -3.20. The van der Waals surface area contributed by atoms with Crippen LogP contribution in [0.4, 0.5) is 23.2 Å². The van der Waals surface area contributed by atoms with Gasteiger partial charge in [0.15, 0.2) is 33.1 Å². The number of Topliss-reactive ketones (excluding diaryl/α,β-unsaturated/α-hetero) is 1. The molecule has 1 saturated heterocycles. The Labute approximate surface area is 198 Å². The summed E-state index contributed by atoms with van der Waals surface area (Å²) in [6.07, 6.45) is 0.271. The molecule has 0 unspecified atom stereocenters. The average molecular weight is 508 g/mol. The highest BCUT2D eigenvalue weighted by Gasteiger charge is 2.35. The molecule has 2 atom stereocenters. The molecule has 0 amide bonds. The van der Waals surface area contributed by atoms with Crippen molar-refractivity contribution in [3.8, 4) is 0 Å². The van der Waals surface area contributed by atoms with E-state index in [1.807, 2.05) is 0 Å². The lowest BCUT2D eigenvalue weighted by Gasteiger charge is -2.37. The fraction of sp³-hybridized carbons (Fsp3) is 0.708. The third kappa shape index (κ3) is 5.75. The number of carbonyl (C=O) groups excluding carboxylic acids is 1. The molecule has 1 saturated carbocycles. The Kier molecular flexibility index (Phi) is 8.33. The molecular formula is C24H33F4NO4S. The maximum Gasteiger partial charge on any atom is 0.185 e. The van der Waals surface area contributed by atoms with Crippen LogP contribution in [-0.4, -0.2) is 50.5 Å². The van der Waals surface area contributed by atoms with Crippen LogP contribution in [0.25, 0.3) is 0 Å². The van der Waals surface area contributed by atoms with E-state index >= 15 is 0 Å². The first kappa shape index (κ1) is 26.9. The van der Waals surface area contributed by atoms with Crippen LogP contribution in [0.1, 0.15) is 58.9 Å². The maximum absolute atomic E-state index is 14.9. The number of hydrogen-bond donors (Lipinski definition) is 0. The van der Waals surface area contributed by atoms with Gasteiger partial charge in [-0.2, -0.15) is 0 Å². The zero-order valence-corrected chi connectivity index (χ0v) is 20.9. The molecule has 3 rings (SSSR count). The lowest BCUT2D eigenvalue weighted by atomic mass is 9.79. The number of nitrogens with zero attached hydrogens (tertiary/aromatic N) is 1. The highest BCUT2D eigenvalue weighted by Crippen LogP contribution is 2.35. The summed E-state index contributed by atoms with van der Waals surface area (Å²) in [6, 6.07) is 0. The van der Waals surface area contributed by atoms with Crippen LogP contribution in [0.15, 0.2) is 0 Å². The summed E-state index contributed by atoms with van der Waals surface area (Å²) >= 11 is 0. The number of hydrogen-bond acceptors (Lipinski definition) is 5. The largest absolute Gasteiger partial charge is 0.372 e. The predicted octanol–water partition coefficient (Wildman–Crippen LogP) is 4.60. The molecule has 10 heteroatoms. The van der Waals surface area contributed by atoms with E-state index in [-0.39, 0.29) is 37.0 Å². The van der Waals surface area contributed by atoms with Crippen LogP contribution >= 0.6 is 0 Å². The van der Waals surface area contributed by atoms with Gasteiger partial charge >= 0.3 is 0 Å². The molecule has 0 spiro atoms. The Balaban J connectivity index is 1.72. The minimum absolute atomic E-state index is 0.0471. The SMILES string of the molecule is CC(C)S(=O)(=O)CC1CCC(C(=O)Cc2c(F)c(F)c(N3C[C@@H](C)O[C@@H](C)C3)c(F)c2F)CC1. The Bertz CT molecular complexity index is 983. The summed E-state index contributed by atoms with van der Waals surface area (Å²) in [5.74, 6) is -7.16. The zero-order valence-electron chi connectivity index (χ0n) is 20.0. The molecule has 0 bridgehead atoms. The zero-order chi connectivity index (χ0) is 25.4. The Morgan fingerprint density at radius 2 is 1.44 bits per heavy atom. The second kappa shape index (κ2) is 10.5. The molecule has 5 nitrogen and oxygen atoms in total. The molecule has 192 valence electrons. The first-order chi connectivity index (χ1) is 15.8. The molecule has 1 aliphatic carbocycles. The Morgan fingerprint density at radius 3 is 1.91 bits per heavy atom. The molecule has 0 radical (unpaired) electrons. The van der Waals surface area contributed by atoms with E-state index in [1.165, 1.54) is 4.90 Å². The van der Waals surface area contributed by atoms with Gasteiger partial charge in [0, 0.05) is 31.0 Å². The van der Waals surface area contributed by atoms with Crippen molar-refractivity contribution in [1.82, 2.24) is 0 Å². The Hall–Kier alpha value is -1.68. The first-order valence-electron chi connectivity index (χ1n) is 11.8. The van der Waals surface area contributed by atoms with Crippen molar-refractivity contribution in [2.45, 2.75) is 77.3 Å². The van der Waals surface area contributed by atoms with Crippen LogP contribution < -0.4 is 4.90 Å². The standard InChI is InChI=1S/C24H33F4NO4S/c1-13(2)34(31,32)12-16-5-7-17(8-6-16)19(30)9-18-20(25)22(27)24(23(28)21(18)26)29-10-14(3)33-15(4)11-29/h13-17H,5-12H2,1-4H3/t14-,15+,16?,17?. The van der Waals surface area contributed by atoms with Crippen molar-refractivity contribution in [3.05, 3.63) is 28.8 Å². The number of sulfone groups is 1. The lowest BCUT2D eigenvalue weighted by Crippen LogP contribution is -2.46. The minimum Gasteiger partial charge on any atom is -0.372 e. The highest BCUT2D eigenvalue weighted by atomic mass is 32.2. The number of rotatable bonds is 7. The van der Waals surface area contributed by atoms with Gasteiger partial charge in [-0.05, 0) is 59.3 Å². The monoisotopic (exact) mass is 507 g/mol. The van der Waals surface area contributed by atoms with Crippen molar-refractivity contribution in [1.29, 1.82) is 0 Å². The van der Waals surface area contributed by atoms with E-state index in [0.29, 0.717) is 25.7 Å². The fourth-order valence-corrected chi connectivity index (χ4v) is 6.32. The number of morpholine rings is 1. The lowest BCUT2D eigenvalue weighted by molar-refractivity contribution is -0.123. The van der Waals surface area contributed by atoms with Gasteiger partial charge in [-0.15, -0.1) is 0 Å². The smallest absolute Gasteiger partial charge is 0.185 e. The Morgan fingerprint density at radius 1 is 0.941 bits per heavy atom. The summed E-state index contributed by atoms with van der Waals surface area (Å²) in [5, 5.41) is -0.477. The van der Waals surface area contributed by atoms with E-state index in [0.717, 1.165) is 0 Å². The van der Waals surface area contributed by atoms with Gasteiger partial charge in [-0.25, -0.2) is 26.0 Å². The van der Waals surface area contributed by atoms with Crippen LogP contribution in [-0.2, 0) is 25.8 Å². The van der Waals surface area contributed by atoms with E-state index < -0.39 is 67.7 Å². The van der Waals surface area contributed by atoms with Crippen molar-refractivity contribution >= 4 is 21.3 Å². The van der Waals surface area contributed by atoms with Crippen LogP contribution in [0, 0.1) is 35.1 Å². The molecule has 0 aromatic heterocycles. The molecule has 1 aromatic rings. The molecule has 2 fully saturated rings. The van der Waals surface area contributed by atoms with Crippen LogP contribution in [0.2, 0.25) is 0 Å². The van der Waals surface area contributed by atoms with Gasteiger partial charge in [0.05, 0.1) is 23.2 Å². The number of benzene rings is 1. The number of ketones is 1. The van der Waals surface area contributed by atoms with Gasteiger partial charge in [0.25, 0.3) is 0 Å². The predicted molar refractivity (Wildman–Crippen MR) is 122 cm³/mol. The van der Waals surface area contributed by atoms with E-state index in [2.05, 4.69) is 0 Å². The summed E-state index contributed by atoms with van der Waals surface area (Å²) < 4.78 is 89.2.